The smallest absolute Gasteiger partial charge is 0.269 e. The van der Waals surface area contributed by atoms with Gasteiger partial charge in [0.1, 0.15) is 11.6 Å². The second-order valence-electron chi connectivity index (χ2n) is 5.64. The molecule has 130 valence electrons. The van der Waals surface area contributed by atoms with E-state index in [1.807, 2.05) is 0 Å². The Labute approximate surface area is 146 Å². The summed E-state index contributed by atoms with van der Waals surface area (Å²) < 4.78 is 27.3. The van der Waals surface area contributed by atoms with Crippen molar-refractivity contribution in [3.63, 3.8) is 0 Å². The van der Waals surface area contributed by atoms with Crippen LogP contribution in [0.25, 0.3) is 0 Å². The molecule has 1 aliphatic rings. The number of carbonyl (C=O) groups is 1. The number of rotatable bonds is 4. The van der Waals surface area contributed by atoms with Gasteiger partial charge in [-0.25, -0.2) is 8.78 Å². The third-order valence-corrected chi connectivity index (χ3v) is 5.09. The molecule has 0 N–H and O–H groups in total. The average molecular weight is 364 g/mol. The molecule has 0 bridgehead atoms. The van der Waals surface area contributed by atoms with Crippen molar-refractivity contribution in [2.45, 2.75) is 23.5 Å². The Morgan fingerprint density at radius 3 is 2.60 bits per heavy atom. The van der Waals surface area contributed by atoms with Crippen LogP contribution in [0.4, 0.5) is 20.2 Å². The lowest BCUT2D eigenvalue weighted by atomic mass is 10.1. The van der Waals surface area contributed by atoms with Crippen LogP contribution in [-0.4, -0.2) is 22.6 Å². The molecule has 0 saturated heterocycles. The van der Waals surface area contributed by atoms with Crippen molar-refractivity contribution in [3.05, 3.63) is 63.7 Å². The number of nitro groups is 1. The van der Waals surface area contributed by atoms with E-state index in [2.05, 4.69) is 0 Å². The molecule has 1 atom stereocenters. The van der Waals surface area contributed by atoms with Crippen molar-refractivity contribution in [2.75, 3.05) is 11.4 Å². The van der Waals surface area contributed by atoms with Gasteiger partial charge in [-0.15, -0.1) is 11.8 Å². The number of benzene rings is 2. The van der Waals surface area contributed by atoms with E-state index in [-0.39, 0.29) is 17.3 Å². The Morgan fingerprint density at radius 1 is 1.28 bits per heavy atom. The highest BCUT2D eigenvalue weighted by Gasteiger charge is 2.31. The van der Waals surface area contributed by atoms with Crippen molar-refractivity contribution >= 4 is 29.0 Å². The number of fused-ring (bicyclic) bond motifs is 1. The van der Waals surface area contributed by atoms with Gasteiger partial charge in [-0.05, 0) is 31.5 Å². The predicted molar refractivity (Wildman–Crippen MR) is 90.8 cm³/mol. The number of nitrogens with zero attached hydrogens (tertiary/aromatic N) is 2. The van der Waals surface area contributed by atoms with Crippen molar-refractivity contribution < 1.29 is 18.5 Å². The SMILES string of the molecule is CC(Sc1ccc([N+](=O)[O-])cc1)C(=O)N1CCc2c(F)cc(F)cc21. The van der Waals surface area contributed by atoms with E-state index in [0.717, 1.165) is 6.07 Å². The van der Waals surface area contributed by atoms with Crippen LogP contribution in [-0.2, 0) is 11.2 Å². The minimum atomic E-state index is -0.716. The fraction of sp³-hybridized carbons (Fsp3) is 0.235. The third-order valence-electron chi connectivity index (χ3n) is 3.99. The Bertz CT molecular complexity index is 843. The standard InChI is InChI=1S/C17H14F2N2O3S/c1-10(25-13-4-2-12(3-5-13)21(23)24)17(22)20-7-6-14-15(19)8-11(18)9-16(14)20/h2-5,8-10H,6-7H2,1H3. The van der Waals surface area contributed by atoms with Crippen molar-refractivity contribution in [1.29, 1.82) is 0 Å². The minimum Gasteiger partial charge on any atom is -0.311 e. The molecule has 1 aliphatic heterocycles. The molecule has 0 aliphatic carbocycles. The van der Waals surface area contributed by atoms with E-state index in [0.29, 0.717) is 23.4 Å². The van der Waals surface area contributed by atoms with E-state index in [1.54, 1.807) is 19.1 Å². The summed E-state index contributed by atoms with van der Waals surface area (Å²) in [6.45, 7) is 2.00. The quantitative estimate of drug-likeness (QED) is 0.468. The van der Waals surface area contributed by atoms with Crippen LogP contribution in [0.2, 0.25) is 0 Å². The summed E-state index contributed by atoms with van der Waals surface area (Å²) >= 11 is 1.24. The molecule has 2 aromatic carbocycles. The number of hydrogen-bond donors (Lipinski definition) is 0. The molecule has 1 unspecified atom stereocenters. The summed E-state index contributed by atoms with van der Waals surface area (Å²) in [5.74, 6) is -1.61. The number of carbonyl (C=O) groups excluding carboxylic acids is 1. The summed E-state index contributed by atoms with van der Waals surface area (Å²) in [4.78, 5) is 24.9. The fourth-order valence-corrected chi connectivity index (χ4v) is 3.70. The van der Waals surface area contributed by atoms with Gasteiger partial charge in [-0.3, -0.25) is 14.9 Å². The highest BCUT2D eigenvalue weighted by Crippen LogP contribution is 2.34. The lowest BCUT2D eigenvalue weighted by molar-refractivity contribution is -0.384. The summed E-state index contributed by atoms with van der Waals surface area (Å²) in [6, 6.07) is 7.88. The molecule has 0 aromatic heterocycles. The highest BCUT2D eigenvalue weighted by atomic mass is 32.2. The van der Waals surface area contributed by atoms with Gasteiger partial charge in [0.2, 0.25) is 5.91 Å². The normalized spacial score (nSPS) is 14.3. The summed E-state index contributed by atoms with van der Waals surface area (Å²) in [5.41, 5.74) is 0.601. The largest absolute Gasteiger partial charge is 0.311 e. The number of halogens is 2. The van der Waals surface area contributed by atoms with Gasteiger partial charge in [0.15, 0.2) is 0 Å². The lowest BCUT2D eigenvalue weighted by Gasteiger charge is -2.21. The van der Waals surface area contributed by atoms with E-state index in [9.17, 15) is 23.7 Å². The molecule has 8 heteroatoms. The molecule has 2 aromatic rings. The van der Waals surface area contributed by atoms with E-state index in [1.165, 1.54) is 34.9 Å². The molecule has 25 heavy (non-hydrogen) atoms. The summed E-state index contributed by atoms with van der Waals surface area (Å²) in [5, 5.41) is 10.2. The average Bonchev–Trinajstić information content (AvgIpc) is 2.98. The topological polar surface area (TPSA) is 63.5 Å². The monoisotopic (exact) mass is 364 g/mol. The summed E-state index contributed by atoms with van der Waals surface area (Å²) in [7, 11) is 0. The molecule has 1 amide bonds. The maximum Gasteiger partial charge on any atom is 0.269 e. The molecule has 3 rings (SSSR count). The maximum atomic E-state index is 13.8. The first-order chi connectivity index (χ1) is 11.9. The van der Waals surface area contributed by atoms with Crippen LogP contribution in [0, 0.1) is 21.7 Å². The van der Waals surface area contributed by atoms with Crippen molar-refractivity contribution in [2.24, 2.45) is 0 Å². The number of non-ortho nitro benzene ring substituents is 1. The van der Waals surface area contributed by atoms with Gasteiger partial charge in [0, 0.05) is 35.2 Å². The van der Waals surface area contributed by atoms with E-state index in [4.69, 9.17) is 0 Å². The minimum absolute atomic E-state index is 0.0252. The number of amides is 1. The zero-order chi connectivity index (χ0) is 18.1. The van der Waals surface area contributed by atoms with Crippen LogP contribution >= 0.6 is 11.8 Å². The zero-order valence-electron chi connectivity index (χ0n) is 13.2. The number of anilines is 1. The summed E-state index contributed by atoms with van der Waals surface area (Å²) in [6.07, 6.45) is 0.349. The molecule has 0 saturated carbocycles. The van der Waals surface area contributed by atoms with Crippen molar-refractivity contribution in [3.8, 4) is 0 Å². The Kier molecular flexibility index (Phi) is 4.71. The maximum absolute atomic E-state index is 13.8. The predicted octanol–water partition coefficient (Wildman–Crippen LogP) is 3.94. The van der Waals surface area contributed by atoms with E-state index < -0.39 is 21.8 Å². The first kappa shape index (κ1) is 17.3. The lowest BCUT2D eigenvalue weighted by Crippen LogP contribution is -2.35. The molecule has 5 nitrogen and oxygen atoms in total. The zero-order valence-corrected chi connectivity index (χ0v) is 14.1. The van der Waals surface area contributed by atoms with Gasteiger partial charge in [0.05, 0.1) is 15.9 Å². The Morgan fingerprint density at radius 2 is 1.96 bits per heavy atom. The van der Waals surface area contributed by atoms with Crippen LogP contribution in [0.3, 0.4) is 0 Å². The number of hydrogen-bond acceptors (Lipinski definition) is 4. The highest BCUT2D eigenvalue weighted by molar-refractivity contribution is 8.00. The van der Waals surface area contributed by atoms with Gasteiger partial charge < -0.3 is 4.90 Å². The van der Waals surface area contributed by atoms with Crippen molar-refractivity contribution in [1.82, 2.24) is 0 Å². The Hall–Kier alpha value is -2.48. The Balaban J connectivity index is 1.75. The molecular weight excluding hydrogens is 350 g/mol. The first-order valence-corrected chi connectivity index (χ1v) is 8.45. The first-order valence-electron chi connectivity index (χ1n) is 7.57. The van der Waals surface area contributed by atoms with Gasteiger partial charge in [0.25, 0.3) is 5.69 Å². The van der Waals surface area contributed by atoms with Gasteiger partial charge >= 0.3 is 0 Å². The number of thioether (sulfide) groups is 1. The molecule has 1 heterocycles. The van der Waals surface area contributed by atoms with Gasteiger partial charge in [-0.1, -0.05) is 0 Å². The second kappa shape index (κ2) is 6.79. The fourth-order valence-electron chi connectivity index (χ4n) is 2.77. The van der Waals surface area contributed by atoms with Crippen LogP contribution in [0.5, 0.6) is 0 Å². The van der Waals surface area contributed by atoms with Gasteiger partial charge in [-0.2, -0.15) is 0 Å². The number of nitro benzene ring substituents is 1. The molecule has 0 radical (unpaired) electrons. The van der Waals surface area contributed by atoms with E-state index >= 15 is 0 Å². The van der Waals surface area contributed by atoms with Crippen LogP contribution < -0.4 is 4.90 Å². The van der Waals surface area contributed by atoms with Crippen LogP contribution in [0.1, 0.15) is 12.5 Å². The second-order valence-corrected chi connectivity index (χ2v) is 7.05. The molecule has 0 spiro atoms. The van der Waals surface area contributed by atoms with Crippen LogP contribution in [0.15, 0.2) is 41.3 Å². The molecule has 0 fully saturated rings. The third kappa shape index (κ3) is 3.48. The molecular formula is C17H14F2N2O3S.